The van der Waals surface area contributed by atoms with Gasteiger partial charge in [-0.15, -0.1) is 0 Å². The molecule has 6 N–H and O–H groups in total. The highest BCUT2D eigenvalue weighted by atomic mass is 32.2. The van der Waals surface area contributed by atoms with Gasteiger partial charge in [0.25, 0.3) is 0 Å². The van der Waals surface area contributed by atoms with Gasteiger partial charge in [0.1, 0.15) is 22.6 Å². The number of nitrogens with one attached hydrogen (secondary N) is 2. The first-order valence-corrected chi connectivity index (χ1v) is 18.6. The lowest BCUT2D eigenvalue weighted by Gasteiger charge is -2.13. The molecule has 54 heavy (non-hydrogen) atoms. The Kier molecular flexibility index (Phi) is 10.1. The standard InChI is InChI=1S/C22H17NO4S.C21H15NO3S/c1-13-9-10-15-14(11-13)5-4-8-19(15)23-28(27)20-12-18(22(25)26)21(24)17-7-3-2-6-16(17)20;23-20-17-8-4-3-7-16(17)19(12-18(20)21(24)25)26-22-15-10-9-13-5-1-2-6-14(13)11-15/h2-12,23-24H,1H3,(H,25,26);1-12,22-23H,(H,24,25). The third-order valence-corrected chi connectivity index (χ3v) is 10.9. The first-order valence-electron chi connectivity index (χ1n) is 16.6. The van der Waals surface area contributed by atoms with Gasteiger partial charge in [-0.2, -0.15) is 0 Å². The molecule has 11 heteroatoms. The van der Waals surface area contributed by atoms with Crippen LogP contribution in [0, 0.1) is 6.92 Å². The number of carboxylic acid groups (broad SMARTS) is 2. The molecule has 0 fully saturated rings. The molecule has 0 aliphatic rings. The molecule has 9 nitrogen and oxygen atoms in total. The number of hydrogen-bond donors (Lipinski definition) is 6. The van der Waals surface area contributed by atoms with Crippen molar-refractivity contribution in [3.63, 3.8) is 0 Å². The van der Waals surface area contributed by atoms with E-state index in [-0.39, 0.29) is 22.6 Å². The summed E-state index contributed by atoms with van der Waals surface area (Å²) >= 11 is 1.33. The lowest BCUT2D eigenvalue weighted by atomic mass is 10.1. The van der Waals surface area contributed by atoms with E-state index in [0.29, 0.717) is 26.7 Å². The molecule has 0 amide bonds. The third kappa shape index (κ3) is 7.23. The van der Waals surface area contributed by atoms with Crippen molar-refractivity contribution < 1.29 is 34.2 Å². The highest BCUT2D eigenvalue weighted by Crippen LogP contribution is 2.38. The average molecular weight is 753 g/mol. The molecule has 0 heterocycles. The van der Waals surface area contributed by atoms with Crippen molar-refractivity contribution >= 4 is 89.3 Å². The number of anilines is 2. The Hall–Kier alpha value is -6.56. The van der Waals surface area contributed by atoms with Gasteiger partial charge in [-0.25, -0.2) is 13.8 Å². The molecule has 0 saturated carbocycles. The van der Waals surface area contributed by atoms with Crippen molar-refractivity contribution in [1.29, 1.82) is 0 Å². The summed E-state index contributed by atoms with van der Waals surface area (Å²) in [5.41, 5.74) is 2.35. The number of aromatic carboxylic acids is 2. The molecule has 0 radical (unpaired) electrons. The second kappa shape index (κ2) is 15.2. The SMILES string of the molecule is Cc1ccc2c(NS(=O)c3cc(C(=O)O)c(O)c4ccccc34)cccc2c1.O=C(O)c1cc(SNc2ccc3ccccc3c2)c2ccccc2c1O. The summed E-state index contributed by atoms with van der Waals surface area (Å²) in [5.74, 6) is -2.96. The van der Waals surface area contributed by atoms with Crippen LogP contribution in [-0.2, 0) is 11.0 Å². The molecule has 0 aliphatic carbocycles. The van der Waals surface area contributed by atoms with Gasteiger partial charge in [0.05, 0.1) is 10.6 Å². The minimum absolute atomic E-state index is 0.105. The number of fused-ring (bicyclic) bond motifs is 4. The largest absolute Gasteiger partial charge is 0.506 e. The molecule has 8 aromatic rings. The lowest BCUT2D eigenvalue weighted by molar-refractivity contribution is 0.0682. The van der Waals surface area contributed by atoms with Gasteiger partial charge in [-0.1, -0.05) is 115 Å². The van der Waals surface area contributed by atoms with Crippen molar-refractivity contribution in [3.8, 4) is 11.5 Å². The van der Waals surface area contributed by atoms with Gasteiger partial charge in [0, 0.05) is 37.5 Å². The fraction of sp³-hybridized carbons (Fsp3) is 0.0233. The van der Waals surface area contributed by atoms with Crippen LogP contribution in [0.1, 0.15) is 26.3 Å². The van der Waals surface area contributed by atoms with Gasteiger partial charge in [-0.3, -0.25) is 0 Å². The first kappa shape index (κ1) is 35.8. The zero-order valence-electron chi connectivity index (χ0n) is 28.6. The minimum atomic E-state index is -1.73. The topological polar surface area (TPSA) is 156 Å². The van der Waals surface area contributed by atoms with Crippen LogP contribution in [0.5, 0.6) is 11.5 Å². The Morgan fingerprint density at radius 3 is 1.87 bits per heavy atom. The van der Waals surface area contributed by atoms with E-state index in [0.717, 1.165) is 43.1 Å². The van der Waals surface area contributed by atoms with E-state index >= 15 is 0 Å². The summed E-state index contributed by atoms with van der Waals surface area (Å²) in [6.45, 7) is 2.01. The second-order valence-electron chi connectivity index (χ2n) is 12.4. The highest BCUT2D eigenvalue weighted by molar-refractivity contribution is 8.00. The Balaban J connectivity index is 0.000000167. The molecule has 0 aromatic heterocycles. The first-order chi connectivity index (χ1) is 26.1. The molecule has 0 aliphatic heterocycles. The summed E-state index contributed by atoms with van der Waals surface area (Å²) in [6.07, 6.45) is 0. The van der Waals surface area contributed by atoms with Gasteiger partial charge < -0.3 is 29.9 Å². The number of rotatable bonds is 8. The summed E-state index contributed by atoms with van der Waals surface area (Å²) in [5, 5.41) is 45.7. The quantitative estimate of drug-likeness (QED) is 0.0832. The maximum atomic E-state index is 13.2. The average Bonchev–Trinajstić information content (AvgIpc) is 3.18. The Morgan fingerprint density at radius 1 is 0.574 bits per heavy atom. The van der Waals surface area contributed by atoms with Gasteiger partial charge in [-0.05, 0) is 65.4 Å². The minimum Gasteiger partial charge on any atom is -0.506 e. The third-order valence-electron chi connectivity index (χ3n) is 8.88. The van der Waals surface area contributed by atoms with Crippen LogP contribution in [0.25, 0.3) is 43.1 Å². The van der Waals surface area contributed by atoms with Crippen LogP contribution < -0.4 is 9.44 Å². The zero-order chi connectivity index (χ0) is 37.9. The Bertz CT molecular complexity index is 2790. The van der Waals surface area contributed by atoms with E-state index < -0.39 is 22.9 Å². The number of carboxylic acids is 2. The molecule has 0 bridgehead atoms. The maximum absolute atomic E-state index is 13.2. The highest BCUT2D eigenvalue weighted by Gasteiger charge is 2.20. The number of benzene rings is 8. The van der Waals surface area contributed by atoms with Gasteiger partial charge in [0.2, 0.25) is 0 Å². The Morgan fingerprint density at radius 2 is 1.17 bits per heavy atom. The number of aryl methyl sites for hydroxylation is 1. The summed E-state index contributed by atoms with van der Waals surface area (Å²) in [6, 6.07) is 42.6. The molecular formula is C43H32N2O7S2. The summed E-state index contributed by atoms with van der Waals surface area (Å²) < 4.78 is 19.4. The number of phenols is 2. The van der Waals surface area contributed by atoms with Gasteiger partial charge in [0.15, 0.2) is 11.0 Å². The molecule has 268 valence electrons. The molecule has 1 atom stereocenters. The maximum Gasteiger partial charge on any atom is 0.339 e. The second-order valence-corrected chi connectivity index (χ2v) is 14.4. The van der Waals surface area contributed by atoms with E-state index in [2.05, 4.69) is 15.5 Å². The van der Waals surface area contributed by atoms with Crippen LogP contribution in [0.2, 0.25) is 0 Å². The Labute approximate surface area is 316 Å². The fourth-order valence-corrected chi connectivity index (χ4v) is 8.14. The molecular weight excluding hydrogens is 721 g/mol. The normalized spacial score (nSPS) is 11.6. The van der Waals surface area contributed by atoms with Crippen LogP contribution >= 0.6 is 11.9 Å². The van der Waals surface area contributed by atoms with Crippen LogP contribution in [0.15, 0.2) is 149 Å². The molecule has 8 rings (SSSR count). The molecule has 8 aromatic carbocycles. The van der Waals surface area contributed by atoms with E-state index in [1.165, 1.54) is 24.1 Å². The number of carbonyl (C=O) groups is 2. The predicted octanol–water partition coefficient (Wildman–Crippen LogP) is 10.4. The summed E-state index contributed by atoms with van der Waals surface area (Å²) in [7, 11) is -1.73. The fourth-order valence-electron chi connectivity index (χ4n) is 6.23. The van der Waals surface area contributed by atoms with E-state index in [9.17, 15) is 34.2 Å². The van der Waals surface area contributed by atoms with E-state index in [4.69, 9.17) is 0 Å². The van der Waals surface area contributed by atoms with E-state index in [1.807, 2.05) is 91.9 Å². The number of hydrogen-bond acceptors (Lipinski definition) is 7. The zero-order valence-corrected chi connectivity index (χ0v) is 30.2. The monoisotopic (exact) mass is 752 g/mol. The molecule has 0 spiro atoms. The van der Waals surface area contributed by atoms with Crippen molar-refractivity contribution in [1.82, 2.24) is 0 Å². The smallest absolute Gasteiger partial charge is 0.339 e. The number of aromatic hydroxyl groups is 2. The van der Waals surface area contributed by atoms with Crippen molar-refractivity contribution in [2.75, 3.05) is 9.44 Å². The summed E-state index contributed by atoms with van der Waals surface area (Å²) in [4.78, 5) is 24.0. The van der Waals surface area contributed by atoms with Crippen LogP contribution in [0.4, 0.5) is 11.4 Å². The molecule has 1 unspecified atom stereocenters. The molecule has 0 saturated heterocycles. The van der Waals surface area contributed by atoms with Crippen molar-refractivity contribution in [2.24, 2.45) is 0 Å². The van der Waals surface area contributed by atoms with Crippen LogP contribution in [0.3, 0.4) is 0 Å². The lowest BCUT2D eigenvalue weighted by Crippen LogP contribution is -2.08. The van der Waals surface area contributed by atoms with Crippen molar-refractivity contribution in [3.05, 3.63) is 156 Å². The van der Waals surface area contributed by atoms with Crippen molar-refractivity contribution in [2.45, 2.75) is 16.7 Å². The van der Waals surface area contributed by atoms with Gasteiger partial charge >= 0.3 is 11.9 Å². The van der Waals surface area contributed by atoms with E-state index in [1.54, 1.807) is 36.4 Å². The van der Waals surface area contributed by atoms with Crippen LogP contribution in [-0.4, -0.2) is 36.6 Å². The predicted molar refractivity (Wildman–Crippen MR) is 217 cm³/mol.